The van der Waals surface area contributed by atoms with Gasteiger partial charge < -0.3 is 9.41 Å². The lowest BCUT2D eigenvalue weighted by Crippen LogP contribution is -2.60. The lowest BCUT2D eigenvalue weighted by atomic mass is 10.8. The fourth-order valence-corrected chi connectivity index (χ4v) is 13.1. The van der Waals surface area contributed by atoms with E-state index in [1.807, 2.05) is 0 Å². The number of rotatable bonds is 8. The third-order valence-electron chi connectivity index (χ3n) is 3.39. The van der Waals surface area contributed by atoms with E-state index in [1.54, 1.807) is 0 Å². The molecule has 0 bridgehead atoms. The Labute approximate surface area is 92.0 Å². The molecule has 14 heavy (non-hydrogen) atoms. The van der Waals surface area contributed by atoms with Crippen LogP contribution in [0.5, 0.6) is 0 Å². The summed E-state index contributed by atoms with van der Waals surface area (Å²) in [4.78, 5) is 3.66. The highest BCUT2D eigenvalue weighted by Crippen LogP contribution is 2.22. The van der Waals surface area contributed by atoms with Crippen molar-refractivity contribution in [3.8, 4) is 0 Å². The van der Waals surface area contributed by atoms with E-state index in [1.165, 1.54) is 18.1 Å². The van der Waals surface area contributed by atoms with Gasteiger partial charge in [0, 0.05) is 6.61 Å². The topological polar surface area (TPSA) is 21.3 Å². The van der Waals surface area contributed by atoms with Crippen LogP contribution in [0.2, 0.25) is 18.1 Å². The van der Waals surface area contributed by atoms with E-state index in [9.17, 15) is 0 Å². The second kappa shape index (κ2) is 7.62. The van der Waals surface area contributed by atoms with Gasteiger partial charge in [0.2, 0.25) is 8.72 Å². The molecule has 4 heteroatoms. The molecule has 0 saturated carbocycles. The highest BCUT2D eigenvalue weighted by Gasteiger charge is 2.38. The maximum absolute atomic E-state index is 6.01. The summed E-state index contributed by atoms with van der Waals surface area (Å²) in [5, 5.41) is 0. The fraction of sp³-hybridized carbons (Fsp3) is 1.00. The van der Waals surface area contributed by atoms with Crippen LogP contribution >= 0.6 is 0 Å². The minimum atomic E-state index is -1.10. The van der Waals surface area contributed by atoms with Gasteiger partial charge in [-0.15, -0.1) is 0 Å². The van der Waals surface area contributed by atoms with Crippen LogP contribution in [0.4, 0.5) is 0 Å². The first-order valence-corrected chi connectivity index (χ1v) is 11.5. The van der Waals surface area contributed by atoms with Crippen molar-refractivity contribution >= 4 is 16.3 Å². The van der Waals surface area contributed by atoms with Gasteiger partial charge in [0.1, 0.15) is 0 Å². The molecule has 1 unspecified atom stereocenters. The average Bonchev–Trinajstić information content (AvgIpc) is 2.22. The maximum Gasteiger partial charge on any atom is 0.235 e. The summed E-state index contributed by atoms with van der Waals surface area (Å²) in [5.74, 6) is 0. The van der Waals surface area contributed by atoms with Crippen molar-refractivity contribution in [2.75, 3.05) is 13.2 Å². The Morgan fingerprint density at radius 2 is 1.50 bits per heavy atom. The van der Waals surface area contributed by atoms with Crippen LogP contribution in [0.15, 0.2) is 0 Å². The Balaban J connectivity index is 4.52. The van der Waals surface area contributed by atoms with Gasteiger partial charge >= 0.3 is 0 Å². The lowest BCUT2D eigenvalue weighted by Gasteiger charge is -2.35. The second-order valence-corrected chi connectivity index (χ2v) is 15.4. The van der Waals surface area contributed by atoms with Gasteiger partial charge in [0.25, 0.3) is 0 Å². The smallest absolute Gasteiger partial charge is 0.235 e. The normalized spacial score (nSPS) is 14.4. The lowest BCUT2D eigenvalue weighted by molar-refractivity contribution is 0.344. The Hall–Kier alpha value is 0.354. The Kier molecular flexibility index (Phi) is 7.81. The maximum atomic E-state index is 6.01. The molecule has 0 radical (unpaired) electrons. The molecule has 0 aliphatic carbocycles. The number of nitrogens with one attached hydrogen (secondary N) is 1. The molecule has 0 rings (SSSR count). The summed E-state index contributed by atoms with van der Waals surface area (Å²) in [5.41, 5.74) is 0. The third kappa shape index (κ3) is 3.49. The largest absolute Gasteiger partial charge is 0.409 e. The molecule has 0 aliphatic heterocycles. The summed E-state index contributed by atoms with van der Waals surface area (Å²) in [7, 11) is -2.18. The molecule has 0 heterocycles. The zero-order chi connectivity index (χ0) is 11.0. The van der Waals surface area contributed by atoms with E-state index in [4.69, 9.17) is 4.43 Å². The van der Waals surface area contributed by atoms with Crippen molar-refractivity contribution in [2.45, 2.75) is 52.8 Å². The van der Waals surface area contributed by atoms with Crippen molar-refractivity contribution in [3.63, 3.8) is 0 Å². The molecular weight excluding hydrogens is 206 g/mol. The second-order valence-electron chi connectivity index (χ2n) is 3.82. The molecular formula is C10H27NOSi2. The highest BCUT2D eigenvalue weighted by atomic mass is 29.2. The Morgan fingerprint density at radius 3 is 1.79 bits per heavy atom. The number of hydrogen-bond donors (Lipinski definition) is 1. The summed E-state index contributed by atoms with van der Waals surface area (Å²) in [6.45, 7) is 13.3. The van der Waals surface area contributed by atoms with Gasteiger partial charge in [0.15, 0.2) is 0 Å². The molecule has 0 aromatic carbocycles. The first-order chi connectivity index (χ1) is 6.70. The van der Waals surface area contributed by atoms with Gasteiger partial charge in [-0.2, -0.15) is 0 Å². The Bertz CT molecular complexity index is 126. The Morgan fingerprint density at radius 1 is 1.00 bits per heavy atom. The van der Waals surface area contributed by atoms with Gasteiger partial charge in [-0.05, 0) is 13.5 Å². The molecule has 1 N–H and O–H groups in total. The molecule has 0 fully saturated rings. The van der Waals surface area contributed by atoms with Gasteiger partial charge in [0.05, 0.1) is 7.59 Å². The van der Waals surface area contributed by atoms with Crippen molar-refractivity contribution in [1.82, 2.24) is 4.98 Å². The van der Waals surface area contributed by atoms with E-state index in [-0.39, 0.29) is 0 Å². The molecule has 0 aromatic rings. The highest BCUT2D eigenvalue weighted by molar-refractivity contribution is 7.30. The minimum Gasteiger partial charge on any atom is -0.409 e. The van der Waals surface area contributed by atoms with E-state index < -0.39 is 16.3 Å². The van der Waals surface area contributed by atoms with Crippen LogP contribution in [0, 0.1) is 0 Å². The molecule has 0 amide bonds. The van der Waals surface area contributed by atoms with Crippen LogP contribution in [0.25, 0.3) is 0 Å². The zero-order valence-electron chi connectivity index (χ0n) is 10.5. The van der Waals surface area contributed by atoms with Gasteiger partial charge in [-0.1, -0.05) is 45.8 Å². The quantitative estimate of drug-likeness (QED) is 0.650. The predicted octanol–water partition coefficient (Wildman–Crippen LogP) is 2.44. The van der Waals surface area contributed by atoms with Crippen LogP contribution in [-0.2, 0) is 4.43 Å². The van der Waals surface area contributed by atoms with Crippen LogP contribution in [0.3, 0.4) is 0 Å². The average molecular weight is 234 g/mol. The van der Waals surface area contributed by atoms with Crippen molar-refractivity contribution in [1.29, 1.82) is 0 Å². The van der Waals surface area contributed by atoms with E-state index in [2.05, 4.69) is 39.6 Å². The molecule has 0 aromatic heterocycles. The van der Waals surface area contributed by atoms with E-state index in [0.29, 0.717) is 0 Å². The van der Waals surface area contributed by atoms with Crippen molar-refractivity contribution < 1.29 is 4.43 Å². The third-order valence-corrected chi connectivity index (χ3v) is 18.3. The minimum absolute atomic E-state index is 0.888. The predicted molar refractivity (Wildman–Crippen MR) is 69.6 cm³/mol. The standard InChI is InChI=1S/C10H27NOSi2/c1-6-11-13(12-7-2)14(8-3,9-4)10-5/h11,13H,6-10H2,1-5H3. The molecule has 0 saturated heterocycles. The first-order valence-electron chi connectivity index (χ1n) is 6.05. The first kappa shape index (κ1) is 14.4. The van der Waals surface area contributed by atoms with Crippen molar-refractivity contribution in [3.05, 3.63) is 0 Å². The molecule has 0 aliphatic rings. The SMILES string of the molecule is CCN[SiH](OCC)[Si](CC)(CC)CC. The van der Waals surface area contributed by atoms with Gasteiger partial charge in [-0.3, -0.25) is 0 Å². The van der Waals surface area contributed by atoms with Crippen LogP contribution in [0.1, 0.15) is 34.6 Å². The van der Waals surface area contributed by atoms with Crippen LogP contribution in [-0.4, -0.2) is 29.5 Å². The summed E-state index contributed by atoms with van der Waals surface area (Å²) >= 11 is 0. The summed E-state index contributed by atoms with van der Waals surface area (Å²) in [6.07, 6.45) is 0. The molecule has 0 spiro atoms. The molecule has 2 nitrogen and oxygen atoms in total. The summed E-state index contributed by atoms with van der Waals surface area (Å²) in [6, 6.07) is 4.14. The van der Waals surface area contributed by atoms with E-state index in [0.717, 1.165) is 13.2 Å². The monoisotopic (exact) mass is 233 g/mol. The van der Waals surface area contributed by atoms with E-state index >= 15 is 0 Å². The fourth-order valence-electron chi connectivity index (χ4n) is 2.11. The summed E-state index contributed by atoms with van der Waals surface area (Å²) < 4.78 is 6.01. The van der Waals surface area contributed by atoms with Crippen LogP contribution < -0.4 is 4.98 Å². The zero-order valence-corrected chi connectivity index (χ0v) is 12.7. The van der Waals surface area contributed by atoms with Gasteiger partial charge in [-0.25, -0.2) is 0 Å². The van der Waals surface area contributed by atoms with Crippen molar-refractivity contribution in [2.24, 2.45) is 0 Å². The molecule has 86 valence electrons. The number of hydrogen-bond acceptors (Lipinski definition) is 2. The molecule has 1 atom stereocenters.